The number of aryl methyl sites for hydroxylation is 2. The summed E-state index contributed by atoms with van der Waals surface area (Å²) in [5.74, 6) is 0.675. The summed E-state index contributed by atoms with van der Waals surface area (Å²) in [6.45, 7) is 7.84. The lowest BCUT2D eigenvalue weighted by Crippen LogP contribution is -2.44. The molecular formula is C14H25N3O3. The van der Waals surface area contributed by atoms with Crippen LogP contribution in [0.1, 0.15) is 51.0 Å². The van der Waals surface area contributed by atoms with Crippen LogP contribution in [0.5, 0.6) is 0 Å². The fourth-order valence-electron chi connectivity index (χ4n) is 2.14. The second kappa shape index (κ2) is 7.28. The van der Waals surface area contributed by atoms with Gasteiger partial charge in [0, 0.05) is 6.54 Å². The van der Waals surface area contributed by atoms with E-state index in [2.05, 4.69) is 15.6 Å². The van der Waals surface area contributed by atoms with Crippen molar-refractivity contribution in [3.63, 3.8) is 0 Å². The minimum Gasteiger partial charge on any atom is -0.428 e. The van der Waals surface area contributed by atoms with Crippen molar-refractivity contribution < 1.29 is 14.3 Å². The summed E-state index contributed by atoms with van der Waals surface area (Å²) >= 11 is 0. The Balaban J connectivity index is 2.49. The Morgan fingerprint density at radius 2 is 1.90 bits per heavy atom. The zero-order valence-electron chi connectivity index (χ0n) is 12.7. The van der Waals surface area contributed by atoms with Crippen LogP contribution in [-0.4, -0.2) is 28.3 Å². The molecule has 0 fully saturated rings. The van der Waals surface area contributed by atoms with Crippen molar-refractivity contribution in [2.45, 2.75) is 59.0 Å². The van der Waals surface area contributed by atoms with Gasteiger partial charge in [0.25, 0.3) is 0 Å². The number of anilines is 1. The largest absolute Gasteiger partial charge is 0.428 e. The molecule has 1 heterocycles. The van der Waals surface area contributed by atoms with Crippen LogP contribution in [0.2, 0.25) is 0 Å². The van der Waals surface area contributed by atoms with E-state index in [1.165, 1.54) is 0 Å². The average molecular weight is 283 g/mol. The summed E-state index contributed by atoms with van der Waals surface area (Å²) in [4.78, 5) is 15.8. The van der Waals surface area contributed by atoms with Crippen LogP contribution in [0.4, 0.5) is 10.8 Å². The van der Waals surface area contributed by atoms with Crippen molar-refractivity contribution in [3.8, 4) is 0 Å². The highest BCUT2D eigenvalue weighted by atomic mass is 16.4. The highest BCUT2D eigenvalue weighted by Crippen LogP contribution is 2.18. The number of rotatable bonds is 7. The van der Waals surface area contributed by atoms with Crippen molar-refractivity contribution in [1.29, 1.82) is 0 Å². The topological polar surface area (TPSA) is 87.4 Å². The highest BCUT2D eigenvalue weighted by Gasteiger charge is 2.25. The van der Waals surface area contributed by atoms with Crippen LogP contribution >= 0.6 is 0 Å². The van der Waals surface area contributed by atoms with Gasteiger partial charge in [-0.3, -0.25) is 5.32 Å². The minimum absolute atomic E-state index is 0.173. The first kappa shape index (κ1) is 16.5. The Morgan fingerprint density at radius 1 is 1.30 bits per heavy atom. The number of amides is 2. The maximum absolute atomic E-state index is 11.8. The van der Waals surface area contributed by atoms with E-state index in [0.29, 0.717) is 18.6 Å². The first-order valence-corrected chi connectivity index (χ1v) is 7.11. The number of carbonyl (C=O) groups excluding carboxylic acids is 1. The van der Waals surface area contributed by atoms with E-state index >= 15 is 0 Å². The third kappa shape index (κ3) is 4.85. The smallest absolute Gasteiger partial charge is 0.322 e. The Kier molecular flexibility index (Phi) is 6.01. The minimum atomic E-state index is -0.844. The number of carbonyl (C=O) groups is 1. The Morgan fingerprint density at radius 3 is 2.35 bits per heavy atom. The molecule has 1 aromatic rings. The van der Waals surface area contributed by atoms with E-state index in [4.69, 9.17) is 4.42 Å². The van der Waals surface area contributed by atoms with Crippen LogP contribution in [-0.2, 0) is 0 Å². The average Bonchev–Trinajstić information content (AvgIpc) is 2.66. The van der Waals surface area contributed by atoms with Crippen LogP contribution in [0.3, 0.4) is 0 Å². The number of aromatic nitrogens is 1. The van der Waals surface area contributed by atoms with Crippen LogP contribution in [0, 0.1) is 13.8 Å². The summed E-state index contributed by atoms with van der Waals surface area (Å²) in [6.07, 6.45) is 3.08. The third-order valence-corrected chi connectivity index (χ3v) is 3.26. The zero-order chi connectivity index (χ0) is 15.2. The molecule has 0 atom stereocenters. The molecule has 0 aliphatic rings. The fourth-order valence-corrected chi connectivity index (χ4v) is 2.14. The number of nitrogens with one attached hydrogen (secondary N) is 2. The van der Waals surface area contributed by atoms with Gasteiger partial charge in [0.2, 0.25) is 0 Å². The molecule has 20 heavy (non-hydrogen) atoms. The quantitative estimate of drug-likeness (QED) is 0.718. The predicted octanol–water partition coefficient (Wildman–Crippen LogP) is 2.74. The normalized spacial score (nSPS) is 11.4. The van der Waals surface area contributed by atoms with Crippen molar-refractivity contribution in [1.82, 2.24) is 10.3 Å². The lowest BCUT2D eigenvalue weighted by Gasteiger charge is -2.27. The van der Waals surface area contributed by atoms with Crippen LogP contribution < -0.4 is 10.6 Å². The number of oxazole rings is 1. The van der Waals surface area contributed by atoms with Gasteiger partial charge < -0.3 is 14.8 Å². The molecule has 114 valence electrons. The molecule has 6 heteroatoms. The fraction of sp³-hybridized carbons (Fsp3) is 0.714. The molecule has 0 aliphatic heterocycles. The molecule has 0 aliphatic carbocycles. The van der Waals surface area contributed by atoms with Crippen molar-refractivity contribution in [2.24, 2.45) is 0 Å². The maximum atomic E-state index is 11.8. The molecule has 0 aromatic carbocycles. The standard InChI is InChI=1S/C14H25N3O3/c1-5-7-14(19,8-6-2)9-15-12(18)17-13-16-10(3)11(4)20-13/h19H,5-9H2,1-4H3,(H2,15,16,17,18). The van der Waals surface area contributed by atoms with E-state index in [1.54, 1.807) is 6.92 Å². The van der Waals surface area contributed by atoms with Crippen LogP contribution in [0.25, 0.3) is 0 Å². The van der Waals surface area contributed by atoms with Gasteiger partial charge in [-0.2, -0.15) is 4.98 Å². The van der Waals surface area contributed by atoms with Crippen molar-refractivity contribution >= 4 is 12.0 Å². The Labute approximate surface area is 120 Å². The van der Waals surface area contributed by atoms with E-state index in [1.807, 2.05) is 20.8 Å². The van der Waals surface area contributed by atoms with Crippen molar-refractivity contribution in [2.75, 3.05) is 11.9 Å². The van der Waals surface area contributed by atoms with Gasteiger partial charge in [-0.1, -0.05) is 26.7 Å². The van der Waals surface area contributed by atoms with Gasteiger partial charge in [0.1, 0.15) is 5.76 Å². The number of urea groups is 1. The Hall–Kier alpha value is -1.56. The molecule has 6 nitrogen and oxygen atoms in total. The molecule has 3 N–H and O–H groups in total. The molecule has 0 saturated heterocycles. The number of aliphatic hydroxyl groups is 1. The van der Waals surface area contributed by atoms with Gasteiger partial charge in [0.05, 0.1) is 11.3 Å². The highest BCUT2D eigenvalue weighted by molar-refractivity contribution is 5.87. The number of hydrogen-bond acceptors (Lipinski definition) is 4. The summed E-state index contributed by atoms with van der Waals surface area (Å²) < 4.78 is 5.27. The Bertz CT molecular complexity index is 417. The molecule has 1 aromatic heterocycles. The SMILES string of the molecule is CCCC(O)(CCC)CNC(=O)Nc1nc(C)c(C)o1. The molecule has 0 spiro atoms. The number of hydrogen-bond donors (Lipinski definition) is 3. The second-order valence-electron chi connectivity index (χ2n) is 5.19. The predicted molar refractivity (Wildman–Crippen MR) is 77.8 cm³/mol. The summed E-state index contributed by atoms with van der Waals surface area (Å²) in [7, 11) is 0. The molecule has 0 radical (unpaired) electrons. The second-order valence-corrected chi connectivity index (χ2v) is 5.19. The molecule has 0 bridgehead atoms. The number of nitrogens with zero attached hydrogens (tertiary/aromatic N) is 1. The van der Waals surface area contributed by atoms with E-state index in [-0.39, 0.29) is 12.6 Å². The molecule has 0 unspecified atom stereocenters. The molecular weight excluding hydrogens is 258 g/mol. The lowest BCUT2D eigenvalue weighted by atomic mass is 9.93. The lowest BCUT2D eigenvalue weighted by molar-refractivity contribution is 0.0245. The van der Waals surface area contributed by atoms with Gasteiger partial charge in [-0.15, -0.1) is 0 Å². The van der Waals surface area contributed by atoms with E-state index in [0.717, 1.165) is 18.5 Å². The third-order valence-electron chi connectivity index (χ3n) is 3.26. The summed E-state index contributed by atoms with van der Waals surface area (Å²) in [5.41, 5.74) is -0.0997. The van der Waals surface area contributed by atoms with Gasteiger partial charge in [-0.05, 0) is 26.7 Å². The monoisotopic (exact) mass is 283 g/mol. The first-order chi connectivity index (χ1) is 9.40. The molecule has 0 saturated carbocycles. The van der Waals surface area contributed by atoms with Gasteiger partial charge in [-0.25, -0.2) is 4.79 Å². The molecule has 2 amide bonds. The summed E-state index contributed by atoms with van der Waals surface area (Å²) in [5, 5.41) is 15.6. The molecule has 1 rings (SSSR count). The van der Waals surface area contributed by atoms with Gasteiger partial charge in [0.15, 0.2) is 0 Å². The zero-order valence-corrected chi connectivity index (χ0v) is 12.7. The van der Waals surface area contributed by atoms with E-state index < -0.39 is 11.6 Å². The van der Waals surface area contributed by atoms with Crippen LogP contribution in [0.15, 0.2) is 4.42 Å². The maximum Gasteiger partial charge on any atom is 0.322 e. The first-order valence-electron chi connectivity index (χ1n) is 7.11. The summed E-state index contributed by atoms with van der Waals surface area (Å²) in [6, 6.07) is -0.246. The van der Waals surface area contributed by atoms with Gasteiger partial charge >= 0.3 is 12.0 Å². The van der Waals surface area contributed by atoms with Crippen molar-refractivity contribution in [3.05, 3.63) is 11.5 Å². The van der Waals surface area contributed by atoms with E-state index in [9.17, 15) is 9.90 Å².